The van der Waals surface area contributed by atoms with Gasteiger partial charge in [-0.05, 0) is 47.9 Å². The van der Waals surface area contributed by atoms with Gasteiger partial charge in [0.25, 0.3) is 0 Å². The maximum Gasteiger partial charge on any atom is 0.407 e. The molecule has 2 aliphatic carbocycles. The number of nitrogens with one attached hydrogen (secondary N) is 1. The lowest BCUT2D eigenvalue weighted by Crippen LogP contribution is -2.45. The van der Waals surface area contributed by atoms with Gasteiger partial charge in [-0.25, -0.2) is 4.79 Å². The molecule has 4 rings (SSSR count). The Bertz CT molecular complexity index is 1020. The van der Waals surface area contributed by atoms with Crippen molar-refractivity contribution in [1.82, 2.24) is 10.2 Å². The number of carboxylic acid groups (broad SMARTS) is 1. The number of benzene rings is 2. The van der Waals surface area contributed by atoms with Crippen molar-refractivity contribution in [3.63, 3.8) is 0 Å². The van der Waals surface area contributed by atoms with E-state index in [0.29, 0.717) is 13.0 Å². The summed E-state index contributed by atoms with van der Waals surface area (Å²) in [4.78, 5) is 38.1. The van der Waals surface area contributed by atoms with Crippen molar-refractivity contribution in [1.29, 1.82) is 0 Å². The number of rotatable bonds is 9. The number of hydrogen-bond acceptors (Lipinski definition) is 4. The maximum atomic E-state index is 12.8. The smallest absolute Gasteiger partial charge is 0.407 e. The fourth-order valence-electron chi connectivity index (χ4n) is 5.48. The topological polar surface area (TPSA) is 95.9 Å². The minimum Gasteiger partial charge on any atom is -0.481 e. The number of amides is 2. The monoisotopic (exact) mass is 478 g/mol. The third kappa shape index (κ3) is 5.84. The van der Waals surface area contributed by atoms with Crippen LogP contribution in [0.5, 0.6) is 0 Å². The second-order valence-electron chi connectivity index (χ2n) is 9.44. The fraction of sp³-hybridized carbons (Fsp3) is 0.464. The molecule has 2 atom stereocenters. The van der Waals surface area contributed by atoms with Crippen LogP contribution >= 0.6 is 0 Å². The Morgan fingerprint density at radius 1 is 1.00 bits per heavy atom. The molecule has 1 saturated carbocycles. The maximum absolute atomic E-state index is 12.8. The molecule has 2 aromatic carbocycles. The van der Waals surface area contributed by atoms with E-state index in [1.54, 1.807) is 4.90 Å². The van der Waals surface area contributed by atoms with Gasteiger partial charge in [-0.1, -0.05) is 61.4 Å². The van der Waals surface area contributed by atoms with Crippen LogP contribution in [-0.4, -0.2) is 53.7 Å². The van der Waals surface area contributed by atoms with Gasteiger partial charge in [0, 0.05) is 31.5 Å². The van der Waals surface area contributed by atoms with Gasteiger partial charge in [-0.15, -0.1) is 0 Å². The molecule has 0 radical (unpaired) electrons. The summed E-state index contributed by atoms with van der Waals surface area (Å²) in [5, 5.41) is 12.0. The first kappa shape index (κ1) is 24.8. The summed E-state index contributed by atoms with van der Waals surface area (Å²) in [6.45, 7) is 2.80. The highest BCUT2D eigenvalue weighted by Crippen LogP contribution is 2.44. The summed E-state index contributed by atoms with van der Waals surface area (Å²) >= 11 is 0. The average molecular weight is 479 g/mol. The number of carbonyl (C=O) groups is 3. The van der Waals surface area contributed by atoms with Crippen molar-refractivity contribution in [2.45, 2.75) is 57.4 Å². The average Bonchev–Trinajstić information content (AvgIpc) is 3.18. The van der Waals surface area contributed by atoms with Crippen LogP contribution in [0.4, 0.5) is 4.79 Å². The number of nitrogens with zero attached hydrogens (tertiary/aromatic N) is 1. The second kappa shape index (κ2) is 11.4. The van der Waals surface area contributed by atoms with Crippen molar-refractivity contribution in [2.24, 2.45) is 5.92 Å². The van der Waals surface area contributed by atoms with E-state index in [4.69, 9.17) is 9.84 Å². The molecular weight excluding hydrogens is 444 g/mol. The van der Waals surface area contributed by atoms with E-state index >= 15 is 0 Å². The summed E-state index contributed by atoms with van der Waals surface area (Å²) in [5.41, 5.74) is 4.71. The van der Waals surface area contributed by atoms with Gasteiger partial charge in [0.05, 0.1) is 6.42 Å². The zero-order valence-electron chi connectivity index (χ0n) is 20.2. The van der Waals surface area contributed by atoms with Gasteiger partial charge in [-0.3, -0.25) is 9.59 Å². The number of ether oxygens (including phenoxy) is 1. The van der Waals surface area contributed by atoms with E-state index in [1.165, 1.54) is 22.3 Å². The van der Waals surface area contributed by atoms with Gasteiger partial charge in [0.2, 0.25) is 5.91 Å². The molecule has 0 unspecified atom stereocenters. The van der Waals surface area contributed by atoms with Gasteiger partial charge in [0.1, 0.15) is 6.61 Å². The number of carboxylic acids is 1. The highest BCUT2D eigenvalue weighted by molar-refractivity contribution is 5.79. The number of fused-ring (bicyclic) bond motifs is 3. The van der Waals surface area contributed by atoms with Crippen molar-refractivity contribution >= 4 is 18.0 Å². The zero-order chi connectivity index (χ0) is 24.8. The molecule has 35 heavy (non-hydrogen) atoms. The van der Waals surface area contributed by atoms with Crippen LogP contribution in [0.2, 0.25) is 0 Å². The van der Waals surface area contributed by atoms with E-state index in [1.807, 2.05) is 31.2 Å². The number of alkyl carbamates (subject to hydrolysis) is 1. The quantitative estimate of drug-likeness (QED) is 0.540. The molecular formula is C28H34N2O5. The third-order valence-corrected chi connectivity index (χ3v) is 7.32. The van der Waals surface area contributed by atoms with Gasteiger partial charge >= 0.3 is 12.1 Å². The Morgan fingerprint density at radius 3 is 2.26 bits per heavy atom. The van der Waals surface area contributed by atoms with Crippen LogP contribution in [0.1, 0.15) is 62.5 Å². The first-order chi connectivity index (χ1) is 17.0. The molecule has 0 spiro atoms. The van der Waals surface area contributed by atoms with Crippen LogP contribution in [0.25, 0.3) is 11.1 Å². The first-order valence-electron chi connectivity index (χ1n) is 12.6. The van der Waals surface area contributed by atoms with Gasteiger partial charge < -0.3 is 20.1 Å². The highest BCUT2D eigenvalue weighted by Gasteiger charge is 2.32. The second-order valence-corrected chi connectivity index (χ2v) is 9.44. The van der Waals surface area contributed by atoms with Crippen molar-refractivity contribution in [3.05, 3.63) is 59.7 Å². The molecule has 1 fully saturated rings. The lowest BCUT2D eigenvalue weighted by Gasteiger charge is -2.33. The molecule has 2 aliphatic rings. The Labute approximate surface area is 206 Å². The van der Waals surface area contributed by atoms with E-state index in [9.17, 15) is 14.4 Å². The van der Waals surface area contributed by atoms with Crippen LogP contribution in [-0.2, 0) is 14.3 Å². The fourth-order valence-corrected chi connectivity index (χ4v) is 5.48. The molecule has 0 aromatic heterocycles. The normalized spacial score (nSPS) is 18.9. The minimum absolute atomic E-state index is 0.00392. The van der Waals surface area contributed by atoms with Crippen molar-refractivity contribution in [3.8, 4) is 11.1 Å². The van der Waals surface area contributed by atoms with E-state index < -0.39 is 12.1 Å². The molecule has 2 N–H and O–H groups in total. The van der Waals surface area contributed by atoms with Crippen molar-refractivity contribution < 1.29 is 24.2 Å². The van der Waals surface area contributed by atoms with Crippen LogP contribution in [0, 0.1) is 5.92 Å². The van der Waals surface area contributed by atoms with E-state index in [2.05, 4.69) is 29.6 Å². The molecule has 0 heterocycles. The van der Waals surface area contributed by atoms with Gasteiger partial charge in [-0.2, -0.15) is 0 Å². The van der Waals surface area contributed by atoms with E-state index in [-0.39, 0.29) is 43.4 Å². The zero-order valence-corrected chi connectivity index (χ0v) is 20.2. The summed E-state index contributed by atoms with van der Waals surface area (Å²) < 4.78 is 5.72. The Kier molecular flexibility index (Phi) is 8.06. The SMILES string of the molecule is CCN(CCC(=O)O)C(=O)C[C@H]1CCCC[C@H]1NC(=O)OCC1c2ccccc2-c2ccccc21. The molecule has 0 saturated heterocycles. The predicted molar refractivity (Wildman–Crippen MR) is 133 cm³/mol. The molecule has 186 valence electrons. The molecule has 7 heteroatoms. The van der Waals surface area contributed by atoms with Crippen LogP contribution in [0.3, 0.4) is 0 Å². The highest BCUT2D eigenvalue weighted by atomic mass is 16.5. The van der Waals surface area contributed by atoms with Gasteiger partial charge in [0.15, 0.2) is 0 Å². The Hall–Kier alpha value is -3.35. The van der Waals surface area contributed by atoms with Crippen molar-refractivity contribution in [2.75, 3.05) is 19.7 Å². The standard InChI is InChI=1S/C28H34N2O5/c1-2-30(16-15-27(32)33)26(31)17-19-9-3-8-14-25(19)29-28(34)35-18-24-22-12-6-4-10-20(22)21-11-5-7-13-23(21)24/h4-7,10-13,19,24-25H,2-3,8-9,14-18H2,1H3,(H,29,34)(H,32,33)/t19-,25-/m1/s1. The summed E-state index contributed by atoms with van der Waals surface area (Å²) in [6.07, 6.45) is 3.47. The Morgan fingerprint density at radius 2 is 1.63 bits per heavy atom. The third-order valence-electron chi connectivity index (χ3n) is 7.32. The molecule has 7 nitrogen and oxygen atoms in total. The molecule has 2 aromatic rings. The lowest BCUT2D eigenvalue weighted by atomic mass is 9.82. The van der Waals surface area contributed by atoms with Crippen LogP contribution < -0.4 is 5.32 Å². The summed E-state index contributed by atoms with van der Waals surface area (Å²) in [6, 6.07) is 16.3. The first-order valence-corrected chi connectivity index (χ1v) is 12.6. The Balaban J connectivity index is 1.35. The van der Waals surface area contributed by atoms with E-state index in [0.717, 1.165) is 25.7 Å². The van der Waals surface area contributed by atoms with Crippen LogP contribution in [0.15, 0.2) is 48.5 Å². The summed E-state index contributed by atoms with van der Waals surface area (Å²) in [7, 11) is 0. The number of aliphatic carboxylic acids is 1. The largest absolute Gasteiger partial charge is 0.481 e. The predicted octanol–water partition coefficient (Wildman–Crippen LogP) is 4.80. The molecule has 2 amide bonds. The number of carbonyl (C=O) groups excluding carboxylic acids is 2. The minimum atomic E-state index is -0.913. The molecule has 0 bridgehead atoms. The number of hydrogen-bond donors (Lipinski definition) is 2. The lowest BCUT2D eigenvalue weighted by molar-refractivity contribution is -0.138. The molecule has 0 aliphatic heterocycles. The summed E-state index contributed by atoms with van der Waals surface area (Å²) in [5.74, 6) is -0.941.